The number of benzene rings is 6. The number of rotatable bonds is 3. The molecule has 2 aromatic heterocycles. The number of pyridine rings is 1. The molecule has 40 heavy (non-hydrogen) atoms. The summed E-state index contributed by atoms with van der Waals surface area (Å²) in [7, 11) is 0. The molecule has 0 saturated carbocycles. The van der Waals surface area contributed by atoms with Crippen molar-refractivity contribution in [1.29, 1.82) is 0 Å². The molecule has 0 saturated heterocycles. The molecule has 0 aliphatic carbocycles. The predicted molar refractivity (Wildman–Crippen MR) is 166 cm³/mol. The number of aromatic nitrogens is 3. The minimum atomic E-state index is 0.881. The third-order valence-electron chi connectivity index (χ3n) is 7.64. The summed E-state index contributed by atoms with van der Waals surface area (Å²) in [5, 5.41) is 4.67. The third-order valence-corrected chi connectivity index (χ3v) is 7.64. The Hall–Kier alpha value is -5.41. The van der Waals surface area contributed by atoms with Crippen LogP contribution in [0.4, 0.5) is 0 Å². The average Bonchev–Trinajstić information content (AvgIpc) is 3.03. The van der Waals surface area contributed by atoms with E-state index in [0.717, 1.165) is 60.9 Å². The van der Waals surface area contributed by atoms with Crippen LogP contribution >= 0.6 is 0 Å². The van der Waals surface area contributed by atoms with Gasteiger partial charge in [-0.25, -0.2) is 15.0 Å². The average molecular weight is 510 g/mol. The second-order valence-corrected chi connectivity index (χ2v) is 10.0. The second kappa shape index (κ2) is 9.11. The van der Waals surface area contributed by atoms with Crippen LogP contribution in [0.15, 0.2) is 140 Å². The normalized spacial score (nSPS) is 11.5. The number of nitrogens with zero attached hydrogens (tertiary/aromatic N) is 3. The molecule has 0 unspecified atom stereocenters. The van der Waals surface area contributed by atoms with E-state index in [0.29, 0.717) is 0 Å². The van der Waals surface area contributed by atoms with Gasteiger partial charge in [-0.1, -0.05) is 121 Å². The Morgan fingerprint density at radius 2 is 0.875 bits per heavy atom. The topological polar surface area (TPSA) is 38.7 Å². The Labute approximate surface area is 231 Å². The van der Waals surface area contributed by atoms with Crippen LogP contribution in [0, 0.1) is 0 Å². The summed E-state index contributed by atoms with van der Waals surface area (Å²) in [4.78, 5) is 15.2. The van der Waals surface area contributed by atoms with Gasteiger partial charge in [0.1, 0.15) is 0 Å². The van der Waals surface area contributed by atoms with Gasteiger partial charge in [0, 0.05) is 32.8 Å². The summed E-state index contributed by atoms with van der Waals surface area (Å²) in [6.45, 7) is 0. The molecule has 3 nitrogen and oxygen atoms in total. The first kappa shape index (κ1) is 22.6. The molecule has 0 bridgehead atoms. The van der Waals surface area contributed by atoms with E-state index in [4.69, 9.17) is 15.0 Å². The van der Waals surface area contributed by atoms with E-state index < -0.39 is 0 Å². The van der Waals surface area contributed by atoms with Crippen molar-refractivity contribution in [2.75, 3.05) is 0 Å². The van der Waals surface area contributed by atoms with Gasteiger partial charge in [0.05, 0.1) is 33.5 Å². The summed E-state index contributed by atoms with van der Waals surface area (Å²) in [5.41, 5.74) is 10.0. The Morgan fingerprint density at radius 3 is 1.60 bits per heavy atom. The molecule has 0 spiro atoms. The first-order valence-corrected chi connectivity index (χ1v) is 13.5. The molecule has 0 amide bonds. The molecule has 0 aliphatic heterocycles. The fraction of sp³-hybridized carbons (Fsp3) is 0. The van der Waals surface area contributed by atoms with Crippen LogP contribution in [0.3, 0.4) is 0 Å². The maximum atomic E-state index is 5.11. The van der Waals surface area contributed by atoms with Crippen molar-refractivity contribution in [3.63, 3.8) is 0 Å². The highest BCUT2D eigenvalue weighted by atomic mass is 14.8. The minimum Gasteiger partial charge on any atom is -0.247 e. The SMILES string of the molecule is c1ccc(-c2nc3ccccc3nc2-c2ccc(-c3c4ccccc4nc4c3ccc3ccccc34)cc2)cc1. The molecule has 3 heteroatoms. The maximum Gasteiger partial charge on any atom is 0.0973 e. The Balaban J connectivity index is 1.35. The molecule has 0 radical (unpaired) electrons. The Bertz CT molecular complexity index is 2200. The van der Waals surface area contributed by atoms with Crippen molar-refractivity contribution >= 4 is 43.6 Å². The van der Waals surface area contributed by atoms with E-state index in [-0.39, 0.29) is 0 Å². The van der Waals surface area contributed by atoms with Crippen molar-refractivity contribution < 1.29 is 0 Å². The molecule has 6 aromatic carbocycles. The molecule has 0 aliphatic rings. The van der Waals surface area contributed by atoms with Gasteiger partial charge in [0.15, 0.2) is 0 Å². The molecule has 0 N–H and O–H groups in total. The Kier molecular flexibility index (Phi) is 5.14. The lowest BCUT2D eigenvalue weighted by Crippen LogP contribution is -1.95. The smallest absolute Gasteiger partial charge is 0.0973 e. The number of hydrogen-bond donors (Lipinski definition) is 0. The number of para-hydroxylation sites is 3. The summed E-state index contributed by atoms with van der Waals surface area (Å²) in [6, 6.07) is 48.4. The van der Waals surface area contributed by atoms with Gasteiger partial charge in [-0.3, -0.25) is 0 Å². The second-order valence-electron chi connectivity index (χ2n) is 10.0. The van der Waals surface area contributed by atoms with Crippen molar-refractivity contribution in [2.45, 2.75) is 0 Å². The van der Waals surface area contributed by atoms with Crippen molar-refractivity contribution in [3.05, 3.63) is 140 Å². The zero-order valence-electron chi connectivity index (χ0n) is 21.6. The lowest BCUT2D eigenvalue weighted by atomic mass is 9.93. The van der Waals surface area contributed by atoms with Crippen molar-refractivity contribution in [2.24, 2.45) is 0 Å². The lowest BCUT2D eigenvalue weighted by Gasteiger charge is -2.14. The first-order valence-electron chi connectivity index (χ1n) is 13.5. The van der Waals surface area contributed by atoms with Crippen LogP contribution in [0.5, 0.6) is 0 Å². The standard InChI is InChI=1S/C37H23N3/c1-2-11-26(12-3-1)35-36(40-33-17-9-8-16-32(33)39-35)27-20-18-25(19-21-27)34-29-14-6-7-15-31(29)38-37-28-13-5-4-10-24(28)22-23-30(34)37/h1-23H. The van der Waals surface area contributed by atoms with Gasteiger partial charge < -0.3 is 0 Å². The monoisotopic (exact) mass is 509 g/mol. The quantitative estimate of drug-likeness (QED) is 0.176. The number of fused-ring (bicyclic) bond motifs is 5. The Morgan fingerprint density at radius 1 is 0.325 bits per heavy atom. The van der Waals surface area contributed by atoms with Gasteiger partial charge in [-0.15, -0.1) is 0 Å². The maximum absolute atomic E-state index is 5.11. The molecule has 0 atom stereocenters. The highest BCUT2D eigenvalue weighted by molar-refractivity contribution is 6.16. The zero-order chi connectivity index (χ0) is 26.5. The summed E-state index contributed by atoms with van der Waals surface area (Å²) in [5.74, 6) is 0. The highest BCUT2D eigenvalue weighted by Crippen LogP contribution is 2.39. The first-order chi connectivity index (χ1) is 19.8. The lowest BCUT2D eigenvalue weighted by molar-refractivity contribution is 1.29. The molecular formula is C37H23N3. The van der Waals surface area contributed by atoms with Crippen LogP contribution in [0.2, 0.25) is 0 Å². The van der Waals surface area contributed by atoms with Crippen molar-refractivity contribution in [1.82, 2.24) is 15.0 Å². The largest absolute Gasteiger partial charge is 0.247 e. The van der Waals surface area contributed by atoms with E-state index in [1.54, 1.807) is 0 Å². The summed E-state index contributed by atoms with van der Waals surface area (Å²) < 4.78 is 0. The van der Waals surface area contributed by atoms with E-state index in [9.17, 15) is 0 Å². The fourth-order valence-corrected chi connectivity index (χ4v) is 5.73. The molecule has 2 heterocycles. The molecule has 8 aromatic rings. The van der Waals surface area contributed by atoms with Gasteiger partial charge >= 0.3 is 0 Å². The number of hydrogen-bond acceptors (Lipinski definition) is 3. The van der Waals surface area contributed by atoms with E-state index in [2.05, 4.69) is 97.1 Å². The fourth-order valence-electron chi connectivity index (χ4n) is 5.73. The third kappa shape index (κ3) is 3.63. The molecular weight excluding hydrogens is 486 g/mol. The predicted octanol–water partition coefficient (Wildman–Crippen LogP) is 9.49. The van der Waals surface area contributed by atoms with E-state index >= 15 is 0 Å². The van der Waals surface area contributed by atoms with Gasteiger partial charge in [-0.05, 0) is 29.1 Å². The van der Waals surface area contributed by atoms with Gasteiger partial charge in [0.25, 0.3) is 0 Å². The van der Waals surface area contributed by atoms with Crippen LogP contribution < -0.4 is 0 Å². The summed E-state index contributed by atoms with van der Waals surface area (Å²) >= 11 is 0. The van der Waals surface area contributed by atoms with Crippen LogP contribution in [-0.4, -0.2) is 15.0 Å². The minimum absolute atomic E-state index is 0.881. The zero-order valence-corrected chi connectivity index (χ0v) is 21.6. The van der Waals surface area contributed by atoms with Crippen LogP contribution in [-0.2, 0) is 0 Å². The molecule has 186 valence electrons. The molecule has 0 fully saturated rings. The van der Waals surface area contributed by atoms with Crippen molar-refractivity contribution in [3.8, 4) is 33.6 Å². The van der Waals surface area contributed by atoms with Gasteiger partial charge in [-0.2, -0.15) is 0 Å². The summed E-state index contributed by atoms with van der Waals surface area (Å²) in [6.07, 6.45) is 0. The van der Waals surface area contributed by atoms with Crippen LogP contribution in [0.1, 0.15) is 0 Å². The van der Waals surface area contributed by atoms with E-state index in [1.165, 1.54) is 16.3 Å². The van der Waals surface area contributed by atoms with Gasteiger partial charge in [0.2, 0.25) is 0 Å². The van der Waals surface area contributed by atoms with E-state index in [1.807, 2.05) is 42.5 Å². The molecule has 8 rings (SSSR count). The highest BCUT2D eigenvalue weighted by Gasteiger charge is 2.16. The van der Waals surface area contributed by atoms with Crippen LogP contribution in [0.25, 0.3) is 77.3 Å².